The Morgan fingerprint density at radius 1 is 1.47 bits per heavy atom. The van der Waals surface area contributed by atoms with Crippen molar-refractivity contribution >= 4 is 5.91 Å². The Balaban J connectivity index is 1.88. The van der Waals surface area contributed by atoms with E-state index in [1.54, 1.807) is 0 Å². The molecule has 1 unspecified atom stereocenters. The summed E-state index contributed by atoms with van der Waals surface area (Å²) in [6.07, 6.45) is 6.23. The average molecular weight is 206 g/mol. The second-order valence-corrected chi connectivity index (χ2v) is 5.00. The molecule has 3 nitrogen and oxygen atoms in total. The Morgan fingerprint density at radius 3 is 2.47 bits per heavy atom. The Hall–Kier alpha value is -1.04. The second-order valence-electron chi connectivity index (χ2n) is 5.00. The van der Waals surface area contributed by atoms with Crippen molar-refractivity contribution in [1.82, 2.24) is 5.32 Å². The van der Waals surface area contributed by atoms with E-state index >= 15 is 0 Å². The molecule has 0 aliphatic heterocycles. The third-order valence-electron chi connectivity index (χ3n) is 4.07. The molecule has 0 saturated heterocycles. The second kappa shape index (κ2) is 3.84. The first-order valence-electron chi connectivity index (χ1n) is 5.90. The summed E-state index contributed by atoms with van der Waals surface area (Å²) in [5, 5.41) is 12.0. The van der Waals surface area contributed by atoms with Gasteiger partial charge in [0.1, 0.15) is 5.41 Å². The highest BCUT2D eigenvalue weighted by Crippen LogP contribution is 2.41. The highest BCUT2D eigenvalue weighted by molar-refractivity contribution is 5.86. The Morgan fingerprint density at radius 2 is 2.13 bits per heavy atom. The number of hydrogen-bond acceptors (Lipinski definition) is 2. The molecule has 0 aromatic carbocycles. The van der Waals surface area contributed by atoms with Crippen LogP contribution in [0.5, 0.6) is 0 Å². The van der Waals surface area contributed by atoms with Gasteiger partial charge in [0.25, 0.3) is 0 Å². The highest BCUT2D eigenvalue weighted by Gasteiger charge is 2.45. The van der Waals surface area contributed by atoms with Gasteiger partial charge in [0, 0.05) is 6.04 Å². The fraction of sp³-hybridized carbons (Fsp3) is 0.833. The van der Waals surface area contributed by atoms with E-state index in [2.05, 4.69) is 18.3 Å². The molecule has 2 saturated carbocycles. The van der Waals surface area contributed by atoms with Crippen LogP contribution in [-0.2, 0) is 4.79 Å². The van der Waals surface area contributed by atoms with E-state index in [0.29, 0.717) is 5.92 Å². The lowest BCUT2D eigenvalue weighted by Gasteiger charge is -2.37. The van der Waals surface area contributed by atoms with Crippen LogP contribution in [0.3, 0.4) is 0 Å². The van der Waals surface area contributed by atoms with Gasteiger partial charge in [-0.1, -0.05) is 6.42 Å². The number of carbonyl (C=O) groups is 1. The first-order chi connectivity index (χ1) is 7.18. The molecule has 0 heterocycles. The van der Waals surface area contributed by atoms with Gasteiger partial charge < -0.3 is 5.32 Å². The highest BCUT2D eigenvalue weighted by atomic mass is 16.2. The summed E-state index contributed by atoms with van der Waals surface area (Å²) in [7, 11) is 0. The molecule has 0 radical (unpaired) electrons. The maximum Gasteiger partial charge on any atom is 0.240 e. The van der Waals surface area contributed by atoms with E-state index in [9.17, 15) is 4.79 Å². The normalized spacial score (nSPS) is 25.6. The third-order valence-corrected chi connectivity index (χ3v) is 4.07. The molecule has 2 aliphatic rings. The zero-order valence-electron chi connectivity index (χ0n) is 9.25. The molecule has 1 N–H and O–H groups in total. The van der Waals surface area contributed by atoms with E-state index in [-0.39, 0.29) is 11.9 Å². The summed E-state index contributed by atoms with van der Waals surface area (Å²) in [6, 6.07) is 2.43. The molecule has 2 aliphatic carbocycles. The maximum atomic E-state index is 11.9. The van der Waals surface area contributed by atoms with Gasteiger partial charge in [-0.15, -0.1) is 0 Å². The quantitative estimate of drug-likeness (QED) is 0.767. The summed E-state index contributed by atoms with van der Waals surface area (Å²) < 4.78 is 0. The number of rotatable bonds is 3. The lowest BCUT2D eigenvalue weighted by atomic mass is 9.69. The molecular formula is C12H18N2O. The van der Waals surface area contributed by atoms with Gasteiger partial charge >= 0.3 is 0 Å². The summed E-state index contributed by atoms with van der Waals surface area (Å²) in [5.74, 6) is 0.611. The topological polar surface area (TPSA) is 52.9 Å². The fourth-order valence-corrected chi connectivity index (χ4v) is 2.32. The van der Waals surface area contributed by atoms with Crippen molar-refractivity contribution in [2.45, 2.75) is 51.5 Å². The molecular weight excluding hydrogens is 188 g/mol. The molecule has 82 valence electrons. The van der Waals surface area contributed by atoms with Crippen LogP contribution in [-0.4, -0.2) is 11.9 Å². The van der Waals surface area contributed by atoms with E-state index in [1.807, 2.05) is 0 Å². The van der Waals surface area contributed by atoms with Gasteiger partial charge in [-0.25, -0.2) is 0 Å². The molecule has 2 rings (SSSR count). The van der Waals surface area contributed by atoms with E-state index in [4.69, 9.17) is 5.26 Å². The molecule has 0 aromatic heterocycles. The minimum absolute atomic E-state index is 0.0318. The number of amides is 1. The predicted octanol–water partition coefficient (Wildman–Crippen LogP) is 1.99. The van der Waals surface area contributed by atoms with E-state index in [1.165, 1.54) is 19.3 Å². The maximum absolute atomic E-state index is 11.9. The summed E-state index contributed by atoms with van der Waals surface area (Å²) >= 11 is 0. The Labute approximate surface area is 90.8 Å². The standard InChI is InChI=1S/C12H18N2O/c1-9(10-4-2-5-10)14-11(15)12(8-13)6-3-7-12/h9-10H,2-7H2,1H3,(H,14,15). The zero-order valence-corrected chi connectivity index (χ0v) is 9.25. The Kier molecular flexibility index (Phi) is 2.68. The van der Waals surface area contributed by atoms with Gasteiger partial charge in [-0.3, -0.25) is 4.79 Å². The van der Waals surface area contributed by atoms with Crippen LogP contribution in [0, 0.1) is 22.7 Å². The van der Waals surface area contributed by atoms with Crippen molar-refractivity contribution in [2.75, 3.05) is 0 Å². The van der Waals surface area contributed by atoms with Gasteiger partial charge in [-0.05, 0) is 44.9 Å². The van der Waals surface area contributed by atoms with Crippen molar-refractivity contribution in [3.63, 3.8) is 0 Å². The molecule has 1 amide bonds. The molecule has 2 fully saturated rings. The monoisotopic (exact) mass is 206 g/mol. The van der Waals surface area contributed by atoms with Gasteiger partial charge in [0.15, 0.2) is 0 Å². The molecule has 0 spiro atoms. The first kappa shape index (κ1) is 10.5. The summed E-state index contributed by atoms with van der Waals surface area (Å²) in [4.78, 5) is 11.9. The number of hydrogen-bond donors (Lipinski definition) is 1. The fourth-order valence-electron chi connectivity index (χ4n) is 2.32. The van der Waals surface area contributed by atoms with E-state index < -0.39 is 5.41 Å². The number of nitriles is 1. The smallest absolute Gasteiger partial charge is 0.240 e. The lowest BCUT2D eigenvalue weighted by Crippen LogP contribution is -2.50. The summed E-state index contributed by atoms with van der Waals surface area (Å²) in [6.45, 7) is 2.06. The molecule has 1 atom stereocenters. The third kappa shape index (κ3) is 1.73. The number of nitrogens with one attached hydrogen (secondary N) is 1. The van der Waals surface area contributed by atoms with Crippen LogP contribution in [0.25, 0.3) is 0 Å². The average Bonchev–Trinajstić information content (AvgIpc) is 1.98. The SMILES string of the molecule is CC(NC(=O)C1(C#N)CCC1)C1CCC1. The lowest BCUT2D eigenvalue weighted by molar-refractivity contribution is -0.133. The van der Waals surface area contributed by atoms with Crippen LogP contribution >= 0.6 is 0 Å². The number of nitrogens with zero attached hydrogens (tertiary/aromatic N) is 1. The van der Waals surface area contributed by atoms with Crippen molar-refractivity contribution in [3.05, 3.63) is 0 Å². The Bertz CT molecular complexity index is 297. The van der Waals surface area contributed by atoms with Gasteiger partial charge in [0.2, 0.25) is 5.91 Å². The van der Waals surface area contributed by atoms with Crippen LogP contribution in [0.1, 0.15) is 45.4 Å². The minimum atomic E-state index is -0.683. The molecule has 0 bridgehead atoms. The van der Waals surface area contributed by atoms with Crippen molar-refractivity contribution in [1.29, 1.82) is 5.26 Å². The van der Waals surface area contributed by atoms with E-state index in [0.717, 1.165) is 19.3 Å². The predicted molar refractivity (Wildman–Crippen MR) is 56.8 cm³/mol. The summed E-state index contributed by atoms with van der Waals surface area (Å²) in [5.41, 5.74) is -0.683. The van der Waals surface area contributed by atoms with Crippen LogP contribution in [0.15, 0.2) is 0 Å². The minimum Gasteiger partial charge on any atom is -0.352 e. The van der Waals surface area contributed by atoms with Crippen LogP contribution < -0.4 is 5.32 Å². The molecule has 0 aromatic rings. The molecule has 3 heteroatoms. The van der Waals surface area contributed by atoms with Crippen LogP contribution in [0.4, 0.5) is 0 Å². The molecule has 15 heavy (non-hydrogen) atoms. The van der Waals surface area contributed by atoms with Crippen molar-refractivity contribution in [3.8, 4) is 6.07 Å². The number of carbonyl (C=O) groups excluding carboxylic acids is 1. The van der Waals surface area contributed by atoms with Crippen molar-refractivity contribution in [2.24, 2.45) is 11.3 Å². The van der Waals surface area contributed by atoms with Crippen molar-refractivity contribution < 1.29 is 4.79 Å². The van der Waals surface area contributed by atoms with Crippen LogP contribution in [0.2, 0.25) is 0 Å². The van der Waals surface area contributed by atoms with Gasteiger partial charge in [0.05, 0.1) is 6.07 Å². The first-order valence-corrected chi connectivity index (χ1v) is 5.90. The zero-order chi connectivity index (χ0) is 10.9. The largest absolute Gasteiger partial charge is 0.352 e. The van der Waals surface area contributed by atoms with Gasteiger partial charge in [-0.2, -0.15) is 5.26 Å².